The predicted octanol–water partition coefficient (Wildman–Crippen LogP) is 3.32. The zero-order chi connectivity index (χ0) is 28.4. The van der Waals surface area contributed by atoms with Gasteiger partial charge in [0.05, 0.1) is 50.1 Å². The summed E-state index contributed by atoms with van der Waals surface area (Å²) >= 11 is 0. The number of unbranched alkanes of at least 4 members (excludes halogenated alkanes) is 2. The zero-order valence-corrected chi connectivity index (χ0v) is 25.1. The average Bonchev–Trinajstić information content (AvgIpc) is 3.80. The number of rotatable bonds is 14. The third-order valence-corrected chi connectivity index (χ3v) is 5.60. The maximum absolute atomic E-state index is 11.5. The van der Waals surface area contributed by atoms with Crippen LogP contribution in [0.2, 0.25) is 0 Å². The molecule has 0 aromatic carbocycles. The molecule has 4 fully saturated rings. The van der Waals surface area contributed by atoms with Crippen molar-refractivity contribution in [3.8, 4) is 0 Å². The molecule has 42 heavy (non-hydrogen) atoms. The molecular weight excluding hydrogens is 624 g/mol. The minimum absolute atomic E-state index is 0. The van der Waals surface area contributed by atoms with Crippen LogP contribution in [0.3, 0.4) is 0 Å². The van der Waals surface area contributed by atoms with Gasteiger partial charge in [0.25, 0.3) is 0 Å². The van der Waals surface area contributed by atoms with Crippen molar-refractivity contribution in [2.45, 2.75) is 25.7 Å². The maximum atomic E-state index is 11.5. The third-order valence-electron chi connectivity index (χ3n) is 5.60. The summed E-state index contributed by atoms with van der Waals surface area (Å²) in [4.78, 5) is 46.0. The summed E-state index contributed by atoms with van der Waals surface area (Å²) in [6, 6.07) is 0. The molecule has 8 nitrogen and oxygen atoms in total. The summed E-state index contributed by atoms with van der Waals surface area (Å²) in [7, 11) is 0. The van der Waals surface area contributed by atoms with Gasteiger partial charge in [-0.05, 0) is 128 Å². The Morgan fingerprint density at radius 3 is 0.690 bits per heavy atom. The van der Waals surface area contributed by atoms with Crippen molar-refractivity contribution >= 4 is 23.9 Å². The summed E-state index contributed by atoms with van der Waals surface area (Å²) in [5.74, 6) is 0.987. The van der Waals surface area contributed by atoms with Crippen molar-refractivity contribution in [1.82, 2.24) is 0 Å². The Balaban J connectivity index is 0.000000401. The first kappa shape index (κ1) is 38.9. The molecule has 4 saturated carbocycles. The van der Waals surface area contributed by atoms with E-state index in [1.807, 2.05) is 0 Å². The standard InChI is InChI=1S/2C16H16O4.2Fe/c2*17-15(13-7-1-2-8-13)19-11-5-6-12-20-16(18)14-9-3-4-10-14;;/h2*1-4,7-10H,5-6,11-12H2;;/q;;2*+2. The first-order chi connectivity index (χ1) is 19.5. The molecular formula is C32H32Fe2O8+4. The van der Waals surface area contributed by atoms with Crippen molar-refractivity contribution in [2.75, 3.05) is 26.4 Å². The zero-order valence-electron chi connectivity index (χ0n) is 22.9. The number of hydrogen-bond donors (Lipinski definition) is 0. The van der Waals surface area contributed by atoms with E-state index in [2.05, 4.69) is 0 Å². The van der Waals surface area contributed by atoms with Gasteiger partial charge in [0.2, 0.25) is 0 Å². The first-order valence-electron chi connectivity index (χ1n) is 13.1. The van der Waals surface area contributed by atoms with Gasteiger partial charge in [-0.15, -0.1) is 0 Å². The summed E-state index contributed by atoms with van der Waals surface area (Å²) < 4.78 is 20.3. The van der Waals surface area contributed by atoms with Crippen LogP contribution < -0.4 is 0 Å². The Bertz CT molecular complexity index is 640. The van der Waals surface area contributed by atoms with E-state index in [1.54, 1.807) is 103 Å². The van der Waals surface area contributed by atoms with E-state index in [1.165, 1.54) is 0 Å². The van der Waals surface area contributed by atoms with Gasteiger partial charge in [-0.2, -0.15) is 0 Å². The van der Waals surface area contributed by atoms with Crippen LogP contribution in [-0.4, -0.2) is 50.3 Å². The number of carbonyl (C=O) groups excluding carboxylic acids is 4. The van der Waals surface area contributed by atoms with Crippen molar-refractivity contribution < 1.29 is 72.3 Å². The van der Waals surface area contributed by atoms with E-state index < -0.39 is 0 Å². The van der Waals surface area contributed by atoms with E-state index >= 15 is 0 Å². The molecule has 220 valence electrons. The molecule has 4 aliphatic carbocycles. The Labute approximate surface area is 273 Å². The second-order valence-corrected chi connectivity index (χ2v) is 8.65. The molecule has 0 unspecified atom stereocenters. The van der Waals surface area contributed by atoms with Gasteiger partial charge in [-0.25, -0.2) is 0 Å². The number of hydrogen-bond acceptors (Lipinski definition) is 8. The minimum atomic E-state index is -0.316. The van der Waals surface area contributed by atoms with Crippen LogP contribution in [0.5, 0.6) is 0 Å². The van der Waals surface area contributed by atoms with E-state index in [9.17, 15) is 19.2 Å². The summed E-state index contributed by atoms with van der Waals surface area (Å²) in [6.45, 7) is 1.33. The molecule has 0 saturated heterocycles. The summed E-state index contributed by atoms with van der Waals surface area (Å²) in [5.41, 5.74) is 0. The van der Waals surface area contributed by atoms with Gasteiger partial charge in [0, 0.05) is 0 Å². The number of ether oxygens (including phenoxy) is 4. The predicted molar refractivity (Wildman–Crippen MR) is 144 cm³/mol. The van der Waals surface area contributed by atoms with Crippen LogP contribution in [-0.2, 0) is 72.3 Å². The average molecular weight is 656 g/mol. The van der Waals surface area contributed by atoms with Crippen molar-refractivity contribution in [2.24, 2.45) is 0 Å². The molecule has 0 N–H and O–H groups in total. The summed E-state index contributed by atoms with van der Waals surface area (Å²) in [5, 5.41) is 0. The van der Waals surface area contributed by atoms with Gasteiger partial charge in [0.1, 0.15) is 0 Å². The Morgan fingerprint density at radius 2 is 0.524 bits per heavy atom. The minimum Gasteiger partial charge on any atom is -0.465 e. The fourth-order valence-electron chi connectivity index (χ4n) is 3.44. The van der Waals surface area contributed by atoms with Gasteiger partial charge in [0.15, 0.2) is 0 Å². The quantitative estimate of drug-likeness (QED) is 0.122. The van der Waals surface area contributed by atoms with E-state index in [-0.39, 0.29) is 58.0 Å². The third kappa shape index (κ3) is 15.1. The summed E-state index contributed by atoms with van der Waals surface area (Å²) in [6.07, 6.45) is 30.7. The molecule has 0 aromatic heterocycles. The molecule has 4 aliphatic rings. The van der Waals surface area contributed by atoms with Gasteiger partial charge in [-0.3, -0.25) is 19.2 Å². The van der Waals surface area contributed by atoms with Gasteiger partial charge >= 0.3 is 58.0 Å². The van der Waals surface area contributed by atoms with Gasteiger partial charge in [-0.1, -0.05) is 0 Å². The smallest absolute Gasteiger partial charge is 0.465 e. The van der Waals surface area contributed by atoms with Crippen molar-refractivity contribution in [3.05, 3.63) is 126 Å². The maximum Gasteiger partial charge on any atom is 2.00 e. The fourth-order valence-corrected chi connectivity index (χ4v) is 3.44. The second-order valence-electron chi connectivity index (χ2n) is 8.65. The van der Waals surface area contributed by atoms with Crippen LogP contribution in [0.15, 0.2) is 0 Å². The molecule has 4 rings (SSSR count). The van der Waals surface area contributed by atoms with E-state index in [0.717, 1.165) is 0 Å². The largest absolute Gasteiger partial charge is 2.00 e. The van der Waals surface area contributed by atoms with Crippen LogP contribution in [0.25, 0.3) is 0 Å². The Morgan fingerprint density at radius 1 is 0.357 bits per heavy atom. The second kappa shape index (κ2) is 23.3. The van der Waals surface area contributed by atoms with E-state index in [0.29, 0.717) is 75.8 Å². The molecule has 10 heteroatoms. The Kier molecular flexibility index (Phi) is 21.6. The molecule has 0 aliphatic heterocycles. The molecule has 0 heterocycles. The van der Waals surface area contributed by atoms with Crippen LogP contribution in [0, 0.1) is 126 Å². The number of carbonyl (C=O) groups is 4. The van der Waals surface area contributed by atoms with E-state index in [4.69, 9.17) is 18.9 Å². The number of esters is 4. The molecule has 0 aromatic rings. The normalized spacial score (nSPS) is 19.2. The molecule has 0 amide bonds. The van der Waals surface area contributed by atoms with Gasteiger partial charge < -0.3 is 18.9 Å². The fraction of sp³-hybridized carbons (Fsp3) is 0.250. The van der Waals surface area contributed by atoms with Crippen molar-refractivity contribution in [3.63, 3.8) is 0 Å². The van der Waals surface area contributed by atoms with Crippen LogP contribution in [0.1, 0.15) is 25.7 Å². The Hall–Kier alpha value is -1.08. The first-order valence-corrected chi connectivity index (χ1v) is 13.1. The molecule has 0 spiro atoms. The SMILES string of the molecule is O=C(OCCCCOC(=O)[C]1[CH][CH][CH][CH]1)[C]1[CH][CH][CH][CH]1.O=C(OCCCCOC(=O)[C]1[CH][CH][CH][CH]1)[C]1[CH][CH][CH][CH]1.[Fe+2].[Fe+2]. The topological polar surface area (TPSA) is 105 Å². The van der Waals surface area contributed by atoms with Crippen molar-refractivity contribution in [1.29, 1.82) is 0 Å². The molecule has 0 atom stereocenters. The van der Waals surface area contributed by atoms with Crippen LogP contribution >= 0.6 is 0 Å². The van der Waals surface area contributed by atoms with Crippen LogP contribution in [0.4, 0.5) is 0 Å². The monoisotopic (exact) mass is 656 g/mol. The molecule has 0 bridgehead atoms. The molecule has 20 radical (unpaired) electrons.